The second-order valence-electron chi connectivity index (χ2n) is 4.83. The average Bonchev–Trinajstić information content (AvgIpc) is 2.48. The van der Waals surface area contributed by atoms with Crippen LogP contribution >= 0.6 is 0 Å². The Balaban J connectivity index is 1.84. The van der Waals surface area contributed by atoms with Crippen LogP contribution in [0.1, 0.15) is 38.5 Å². The highest BCUT2D eigenvalue weighted by Crippen LogP contribution is 2.26. The average molecular weight is 266 g/mol. The zero-order valence-electron chi connectivity index (χ0n) is 11.4. The van der Waals surface area contributed by atoms with Crippen LogP contribution in [0.25, 0.3) is 0 Å². The third-order valence-corrected chi connectivity index (χ3v) is 3.49. The molecule has 0 amide bonds. The van der Waals surface area contributed by atoms with Crippen molar-refractivity contribution in [3.05, 3.63) is 0 Å². The first kappa shape index (κ1) is 13.8. The van der Waals surface area contributed by atoms with E-state index in [9.17, 15) is 0 Å². The summed E-state index contributed by atoms with van der Waals surface area (Å²) in [6, 6.07) is 0.253. The van der Waals surface area contributed by atoms with Gasteiger partial charge in [0.25, 0.3) is 0 Å². The van der Waals surface area contributed by atoms with Crippen molar-refractivity contribution in [1.29, 1.82) is 0 Å². The van der Waals surface area contributed by atoms with E-state index < -0.39 is 0 Å². The Morgan fingerprint density at radius 3 is 2.58 bits per heavy atom. The number of hydrogen-bond donors (Lipinski definition) is 3. The molecule has 1 aliphatic carbocycles. The minimum Gasteiger partial charge on any atom is -0.467 e. The highest BCUT2D eigenvalue weighted by atomic mass is 16.5. The zero-order chi connectivity index (χ0) is 13.5. The minimum atomic E-state index is 0.253. The number of methoxy groups -OCH3 is 1. The quantitative estimate of drug-likeness (QED) is 0.530. The first-order chi connectivity index (χ1) is 9.31. The molecule has 0 aliphatic heterocycles. The number of rotatable bonds is 6. The maximum absolute atomic E-state index is 5.30. The van der Waals surface area contributed by atoms with Crippen molar-refractivity contribution < 1.29 is 4.74 Å². The lowest BCUT2D eigenvalue weighted by Gasteiger charge is -2.21. The zero-order valence-corrected chi connectivity index (χ0v) is 11.4. The van der Waals surface area contributed by atoms with E-state index in [0.29, 0.717) is 11.9 Å². The van der Waals surface area contributed by atoms with Gasteiger partial charge >= 0.3 is 6.01 Å². The molecule has 1 aliphatic rings. The first-order valence-corrected chi connectivity index (χ1v) is 6.82. The topological polar surface area (TPSA) is 98.0 Å². The largest absolute Gasteiger partial charge is 0.467 e. The Labute approximate surface area is 113 Å². The fourth-order valence-corrected chi connectivity index (χ4v) is 2.46. The fourth-order valence-electron chi connectivity index (χ4n) is 2.46. The Kier molecular flexibility index (Phi) is 5.14. The molecule has 0 aromatic carbocycles. The van der Waals surface area contributed by atoms with Gasteiger partial charge in [0.2, 0.25) is 11.9 Å². The number of ether oxygens (including phenoxy) is 1. The highest BCUT2D eigenvalue weighted by Gasteiger charge is 2.13. The van der Waals surface area contributed by atoms with Gasteiger partial charge in [-0.15, -0.1) is 0 Å². The van der Waals surface area contributed by atoms with E-state index in [0.717, 1.165) is 18.9 Å². The van der Waals surface area contributed by atoms with Gasteiger partial charge < -0.3 is 10.1 Å². The Hall–Kier alpha value is -1.63. The van der Waals surface area contributed by atoms with Gasteiger partial charge in [-0.1, -0.05) is 32.1 Å². The molecule has 1 fully saturated rings. The van der Waals surface area contributed by atoms with Crippen LogP contribution < -0.4 is 21.3 Å². The summed E-state index contributed by atoms with van der Waals surface area (Å²) >= 11 is 0. The summed E-state index contributed by atoms with van der Waals surface area (Å²) in [4.78, 5) is 12.2. The lowest BCUT2D eigenvalue weighted by Crippen LogP contribution is -2.16. The van der Waals surface area contributed by atoms with E-state index in [4.69, 9.17) is 10.6 Å². The second-order valence-corrected chi connectivity index (χ2v) is 4.83. The molecule has 2 rings (SSSR count). The summed E-state index contributed by atoms with van der Waals surface area (Å²) in [5, 5.41) is 3.20. The SMILES string of the molecule is COc1nc(NN)nc(NCCC2CCCCC2)n1. The fraction of sp³-hybridized carbons (Fsp3) is 0.750. The van der Waals surface area contributed by atoms with Crippen molar-refractivity contribution >= 4 is 11.9 Å². The predicted molar refractivity (Wildman–Crippen MR) is 73.9 cm³/mol. The summed E-state index contributed by atoms with van der Waals surface area (Å²) in [5.74, 6) is 6.93. The summed E-state index contributed by atoms with van der Waals surface area (Å²) in [7, 11) is 1.52. The lowest BCUT2D eigenvalue weighted by atomic mass is 9.87. The molecule has 0 atom stereocenters. The number of nitrogens with zero attached hydrogens (tertiary/aromatic N) is 3. The molecule has 1 heterocycles. The second kappa shape index (κ2) is 7.08. The van der Waals surface area contributed by atoms with Gasteiger partial charge in [0.15, 0.2) is 0 Å². The van der Waals surface area contributed by atoms with Crippen molar-refractivity contribution in [2.24, 2.45) is 11.8 Å². The van der Waals surface area contributed by atoms with Crippen molar-refractivity contribution in [1.82, 2.24) is 15.0 Å². The third-order valence-electron chi connectivity index (χ3n) is 3.49. The molecular weight excluding hydrogens is 244 g/mol. The van der Waals surface area contributed by atoms with Crippen LogP contribution in [0.3, 0.4) is 0 Å². The van der Waals surface area contributed by atoms with Crippen LogP contribution in [0.5, 0.6) is 6.01 Å². The minimum absolute atomic E-state index is 0.253. The molecule has 4 N–H and O–H groups in total. The lowest BCUT2D eigenvalue weighted by molar-refractivity contribution is 0.345. The maximum atomic E-state index is 5.30. The van der Waals surface area contributed by atoms with Gasteiger partial charge in [-0.25, -0.2) is 5.84 Å². The van der Waals surface area contributed by atoms with Gasteiger partial charge in [0.05, 0.1) is 7.11 Å². The van der Waals surface area contributed by atoms with E-state index >= 15 is 0 Å². The van der Waals surface area contributed by atoms with E-state index in [2.05, 4.69) is 25.7 Å². The number of hydrogen-bond acceptors (Lipinski definition) is 7. The summed E-state index contributed by atoms with van der Waals surface area (Å²) in [5.41, 5.74) is 2.40. The molecule has 7 nitrogen and oxygen atoms in total. The monoisotopic (exact) mass is 266 g/mol. The molecule has 0 spiro atoms. The van der Waals surface area contributed by atoms with E-state index in [-0.39, 0.29) is 6.01 Å². The maximum Gasteiger partial charge on any atom is 0.322 e. The summed E-state index contributed by atoms with van der Waals surface area (Å²) in [6.07, 6.45) is 7.96. The van der Waals surface area contributed by atoms with E-state index in [1.165, 1.54) is 39.2 Å². The summed E-state index contributed by atoms with van der Waals surface area (Å²) in [6.45, 7) is 0.863. The molecule has 7 heteroatoms. The van der Waals surface area contributed by atoms with Crippen molar-refractivity contribution in [3.63, 3.8) is 0 Å². The van der Waals surface area contributed by atoms with Crippen LogP contribution in [0.4, 0.5) is 11.9 Å². The van der Waals surface area contributed by atoms with E-state index in [1.54, 1.807) is 0 Å². The van der Waals surface area contributed by atoms with Crippen molar-refractivity contribution in [3.8, 4) is 6.01 Å². The molecule has 1 aromatic rings. The number of anilines is 2. The van der Waals surface area contributed by atoms with Gasteiger partial charge in [-0.3, -0.25) is 5.43 Å². The van der Waals surface area contributed by atoms with Gasteiger partial charge in [-0.05, 0) is 12.3 Å². The molecule has 1 saturated carbocycles. The Morgan fingerprint density at radius 1 is 1.16 bits per heavy atom. The predicted octanol–water partition coefficient (Wildman–Crippen LogP) is 1.55. The van der Waals surface area contributed by atoms with Crippen LogP contribution in [0, 0.1) is 5.92 Å². The molecule has 1 aromatic heterocycles. The number of hydrazine groups is 1. The summed E-state index contributed by atoms with van der Waals surface area (Å²) < 4.78 is 5.00. The molecular formula is C12H22N6O. The molecule has 0 unspecified atom stereocenters. The molecule has 0 radical (unpaired) electrons. The number of nitrogens with one attached hydrogen (secondary N) is 2. The molecule has 0 bridgehead atoms. The van der Waals surface area contributed by atoms with Crippen LogP contribution in [-0.4, -0.2) is 28.6 Å². The van der Waals surface area contributed by atoms with Gasteiger partial charge in [-0.2, -0.15) is 15.0 Å². The smallest absolute Gasteiger partial charge is 0.322 e. The van der Waals surface area contributed by atoms with Crippen LogP contribution in [0.2, 0.25) is 0 Å². The number of nitrogens with two attached hydrogens (primary N) is 1. The highest BCUT2D eigenvalue weighted by molar-refractivity contribution is 5.34. The third kappa shape index (κ3) is 4.20. The van der Waals surface area contributed by atoms with Crippen LogP contribution in [-0.2, 0) is 0 Å². The van der Waals surface area contributed by atoms with Crippen molar-refractivity contribution in [2.45, 2.75) is 38.5 Å². The van der Waals surface area contributed by atoms with E-state index in [1.807, 2.05) is 0 Å². The van der Waals surface area contributed by atoms with Gasteiger partial charge in [0, 0.05) is 6.54 Å². The first-order valence-electron chi connectivity index (χ1n) is 6.82. The number of aromatic nitrogens is 3. The molecule has 106 valence electrons. The Morgan fingerprint density at radius 2 is 1.89 bits per heavy atom. The van der Waals surface area contributed by atoms with Gasteiger partial charge in [0.1, 0.15) is 0 Å². The normalized spacial score (nSPS) is 16.1. The number of nitrogen functional groups attached to an aromatic ring is 1. The van der Waals surface area contributed by atoms with Crippen molar-refractivity contribution in [2.75, 3.05) is 24.4 Å². The Bertz CT molecular complexity index is 372. The molecule has 19 heavy (non-hydrogen) atoms. The standard InChI is InChI=1S/C12H22N6O/c1-19-12-16-10(15-11(17-12)18-13)14-8-7-9-5-3-2-4-6-9/h9H,2-8,13H2,1H3,(H2,14,15,16,17,18). The molecule has 0 saturated heterocycles. The van der Waals surface area contributed by atoms with Crippen LogP contribution in [0.15, 0.2) is 0 Å².